The van der Waals surface area contributed by atoms with E-state index in [0.717, 1.165) is 53.9 Å². The first kappa shape index (κ1) is 21.1. The van der Waals surface area contributed by atoms with Crippen molar-refractivity contribution in [1.29, 1.82) is 0 Å². The van der Waals surface area contributed by atoms with Crippen LogP contribution in [0.15, 0.2) is 22.3 Å². The summed E-state index contributed by atoms with van der Waals surface area (Å²) in [5.41, 5.74) is 1.38. The topological polar surface area (TPSA) is 71.6 Å². The summed E-state index contributed by atoms with van der Waals surface area (Å²) in [6, 6.07) is 3.91. The number of likely N-dealkylation sites (tertiary alicyclic amines) is 1. The van der Waals surface area contributed by atoms with Gasteiger partial charge in [0.2, 0.25) is 5.91 Å². The first-order valence-corrected chi connectivity index (χ1v) is 11.8. The van der Waals surface area contributed by atoms with Gasteiger partial charge in [-0.05, 0) is 48.7 Å². The van der Waals surface area contributed by atoms with E-state index in [4.69, 9.17) is 0 Å². The zero-order chi connectivity index (χ0) is 21.3. The molecule has 3 aromatic rings. The SMILES string of the molecule is CCc1nn(CC(=O)NCCCN2C[C@@H](C)C[C@H](C)C2)c(=O)c2cc3sccc3n12. The van der Waals surface area contributed by atoms with Gasteiger partial charge in [-0.1, -0.05) is 20.8 Å². The number of fused-ring (bicyclic) bond motifs is 3. The second-order valence-corrected chi connectivity index (χ2v) is 9.62. The zero-order valence-corrected chi connectivity index (χ0v) is 18.9. The lowest BCUT2D eigenvalue weighted by Gasteiger charge is -2.34. The van der Waals surface area contributed by atoms with Crippen LogP contribution in [0.2, 0.25) is 0 Å². The zero-order valence-electron chi connectivity index (χ0n) is 18.1. The van der Waals surface area contributed by atoms with E-state index >= 15 is 0 Å². The minimum atomic E-state index is -0.220. The third-order valence-electron chi connectivity index (χ3n) is 5.90. The number of rotatable bonds is 7. The van der Waals surface area contributed by atoms with E-state index < -0.39 is 0 Å². The summed E-state index contributed by atoms with van der Waals surface area (Å²) in [7, 11) is 0. The molecule has 0 aromatic carbocycles. The molecule has 0 aliphatic carbocycles. The van der Waals surface area contributed by atoms with Crippen molar-refractivity contribution < 1.29 is 4.79 Å². The standard InChI is InChI=1S/C22H31N5O2S/c1-4-20-24-26(22(29)18-11-19-17(27(18)20)6-9-30-19)14-21(28)23-7-5-8-25-12-15(2)10-16(3)13-25/h6,9,11,15-16H,4-5,7-8,10,12-14H2,1-3H3,(H,23,28)/t15-,16-/m0/s1. The van der Waals surface area contributed by atoms with Gasteiger partial charge in [0.1, 0.15) is 17.9 Å². The average Bonchev–Trinajstić information content (AvgIpc) is 3.28. The lowest BCUT2D eigenvalue weighted by Crippen LogP contribution is -2.40. The molecular formula is C22H31N5O2S. The number of piperidine rings is 1. The highest BCUT2D eigenvalue weighted by atomic mass is 32.1. The smallest absolute Gasteiger partial charge is 0.291 e. The Hall–Kier alpha value is -2.19. The van der Waals surface area contributed by atoms with Gasteiger partial charge in [0, 0.05) is 26.1 Å². The van der Waals surface area contributed by atoms with Gasteiger partial charge in [-0.2, -0.15) is 5.10 Å². The molecule has 1 saturated heterocycles. The Morgan fingerprint density at radius 2 is 2.03 bits per heavy atom. The molecule has 1 aliphatic rings. The number of hydrogen-bond donors (Lipinski definition) is 1. The average molecular weight is 430 g/mol. The van der Waals surface area contributed by atoms with E-state index in [2.05, 4.69) is 29.2 Å². The maximum atomic E-state index is 12.9. The molecule has 1 amide bonds. The monoisotopic (exact) mass is 429 g/mol. The number of thiophene rings is 1. The van der Waals surface area contributed by atoms with Gasteiger partial charge in [-0.15, -0.1) is 11.3 Å². The highest BCUT2D eigenvalue weighted by molar-refractivity contribution is 7.17. The fourth-order valence-corrected chi connectivity index (χ4v) is 5.56. The van der Waals surface area contributed by atoms with Crippen LogP contribution in [-0.2, 0) is 17.8 Å². The van der Waals surface area contributed by atoms with Crippen LogP contribution < -0.4 is 10.9 Å². The highest BCUT2D eigenvalue weighted by Gasteiger charge is 2.21. The molecule has 0 saturated carbocycles. The van der Waals surface area contributed by atoms with E-state index in [1.165, 1.54) is 11.1 Å². The van der Waals surface area contributed by atoms with E-state index in [-0.39, 0.29) is 18.0 Å². The van der Waals surface area contributed by atoms with Crippen molar-refractivity contribution in [2.75, 3.05) is 26.2 Å². The number of nitrogens with one attached hydrogen (secondary N) is 1. The molecule has 8 heteroatoms. The Balaban J connectivity index is 1.37. The second kappa shape index (κ2) is 8.89. The molecule has 30 heavy (non-hydrogen) atoms. The Morgan fingerprint density at radius 1 is 1.27 bits per heavy atom. The molecule has 2 atom stereocenters. The molecule has 7 nitrogen and oxygen atoms in total. The number of carbonyl (C=O) groups is 1. The molecule has 0 unspecified atom stereocenters. The number of amides is 1. The molecule has 0 spiro atoms. The van der Waals surface area contributed by atoms with Gasteiger partial charge in [-0.25, -0.2) is 4.68 Å². The van der Waals surface area contributed by atoms with Crippen LogP contribution in [0.5, 0.6) is 0 Å². The van der Waals surface area contributed by atoms with Crippen molar-refractivity contribution in [2.24, 2.45) is 11.8 Å². The Labute approximate surface area is 180 Å². The largest absolute Gasteiger partial charge is 0.354 e. The van der Waals surface area contributed by atoms with Crippen LogP contribution in [0.4, 0.5) is 0 Å². The Kier molecular flexibility index (Phi) is 6.24. The molecule has 1 fully saturated rings. The maximum absolute atomic E-state index is 12.9. The van der Waals surface area contributed by atoms with Crippen LogP contribution in [0.3, 0.4) is 0 Å². The Bertz CT molecular complexity index is 1090. The molecule has 1 N–H and O–H groups in total. The lowest BCUT2D eigenvalue weighted by atomic mass is 9.92. The van der Waals surface area contributed by atoms with Gasteiger partial charge in [0.05, 0.1) is 10.2 Å². The molecule has 162 valence electrons. The minimum absolute atomic E-state index is 0.0427. The van der Waals surface area contributed by atoms with E-state index in [9.17, 15) is 9.59 Å². The van der Waals surface area contributed by atoms with Crippen LogP contribution in [-0.4, -0.2) is 51.2 Å². The Morgan fingerprint density at radius 3 is 2.77 bits per heavy atom. The van der Waals surface area contributed by atoms with Crippen molar-refractivity contribution in [3.8, 4) is 0 Å². The van der Waals surface area contributed by atoms with Crippen LogP contribution in [0, 0.1) is 11.8 Å². The summed E-state index contributed by atoms with van der Waals surface area (Å²) in [5.74, 6) is 2.12. The van der Waals surface area contributed by atoms with Gasteiger partial charge >= 0.3 is 0 Å². The maximum Gasteiger partial charge on any atom is 0.291 e. The summed E-state index contributed by atoms with van der Waals surface area (Å²) in [6.45, 7) is 10.5. The summed E-state index contributed by atoms with van der Waals surface area (Å²) in [4.78, 5) is 27.8. The van der Waals surface area contributed by atoms with Gasteiger partial charge in [0.15, 0.2) is 0 Å². The quantitative estimate of drug-likeness (QED) is 0.586. The number of carbonyl (C=O) groups excluding carboxylic acids is 1. The number of aryl methyl sites for hydroxylation is 1. The number of aromatic nitrogens is 3. The summed E-state index contributed by atoms with van der Waals surface area (Å²) >= 11 is 1.61. The minimum Gasteiger partial charge on any atom is -0.354 e. The number of hydrogen-bond acceptors (Lipinski definition) is 5. The summed E-state index contributed by atoms with van der Waals surface area (Å²) in [5, 5.41) is 9.45. The first-order chi connectivity index (χ1) is 14.5. The first-order valence-electron chi connectivity index (χ1n) is 10.9. The third-order valence-corrected chi connectivity index (χ3v) is 6.75. The summed E-state index contributed by atoms with van der Waals surface area (Å²) < 4.78 is 4.29. The molecule has 3 aromatic heterocycles. The van der Waals surface area contributed by atoms with E-state index in [0.29, 0.717) is 18.5 Å². The van der Waals surface area contributed by atoms with Crippen LogP contribution in [0.1, 0.15) is 39.4 Å². The van der Waals surface area contributed by atoms with Gasteiger partial charge < -0.3 is 10.2 Å². The molecule has 4 rings (SSSR count). The third kappa shape index (κ3) is 4.30. The van der Waals surface area contributed by atoms with Crippen molar-refractivity contribution in [2.45, 2.75) is 46.6 Å². The van der Waals surface area contributed by atoms with Crippen LogP contribution >= 0.6 is 11.3 Å². The second-order valence-electron chi connectivity index (χ2n) is 8.68. The molecule has 0 bridgehead atoms. The summed E-state index contributed by atoms with van der Waals surface area (Å²) in [6.07, 6.45) is 2.91. The molecule has 0 radical (unpaired) electrons. The predicted octanol–water partition coefficient (Wildman–Crippen LogP) is 2.76. The van der Waals surface area contributed by atoms with Crippen molar-refractivity contribution in [3.05, 3.63) is 33.7 Å². The van der Waals surface area contributed by atoms with Crippen molar-refractivity contribution in [3.63, 3.8) is 0 Å². The highest BCUT2D eigenvalue weighted by Crippen LogP contribution is 2.24. The fraction of sp³-hybridized carbons (Fsp3) is 0.591. The molecular weight excluding hydrogens is 398 g/mol. The molecule has 4 heterocycles. The number of nitrogens with zero attached hydrogens (tertiary/aromatic N) is 4. The van der Waals surface area contributed by atoms with Gasteiger partial charge in [0.25, 0.3) is 5.56 Å². The van der Waals surface area contributed by atoms with Crippen LogP contribution in [0.25, 0.3) is 15.7 Å². The lowest BCUT2D eigenvalue weighted by molar-refractivity contribution is -0.121. The van der Waals surface area contributed by atoms with E-state index in [1.807, 2.05) is 28.8 Å². The van der Waals surface area contributed by atoms with Gasteiger partial charge in [-0.3, -0.25) is 14.0 Å². The van der Waals surface area contributed by atoms with Crippen molar-refractivity contribution in [1.82, 2.24) is 24.4 Å². The fourth-order valence-electron chi connectivity index (χ4n) is 4.76. The normalized spacial score (nSPS) is 20.2. The molecule has 1 aliphatic heterocycles. The van der Waals surface area contributed by atoms with Crippen molar-refractivity contribution >= 4 is 33.0 Å². The van der Waals surface area contributed by atoms with E-state index in [1.54, 1.807) is 11.3 Å². The predicted molar refractivity (Wildman–Crippen MR) is 121 cm³/mol.